The number of carbonyl (C=O) groups excluding carboxylic acids is 1. The van der Waals surface area contributed by atoms with Gasteiger partial charge in [-0.05, 0) is 32.1 Å². The van der Waals surface area contributed by atoms with E-state index < -0.39 is 0 Å². The third-order valence-corrected chi connectivity index (χ3v) is 5.41. The molecule has 0 bridgehead atoms. The molecule has 3 rings (SSSR count). The lowest BCUT2D eigenvalue weighted by atomic mass is 9.92. The zero-order valence-electron chi connectivity index (χ0n) is 12.3. The van der Waals surface area contributed by atoms with Gasteiger partial charge in [-0.2, -0.15) is 0 Å². The fraction of sp³-hybridized carbons (Fsp3) is 0.938. The molecule has 3 fully saturated rings. The molecule has 2 saturated carbocycles. The molecule has 0 aromatic heterocycles. The summed E-state index contributed by atoms with van der Waals surface area (Å²) in [5.74, 6) is 0.440. The van der Waals surface area contributed by atoms with E-state index in [1.165, 1.54) is 44.9 Å². The van der Waals surface area contributed by atoms with Crippen molar-refractivity contribution in [2.24, 2.45) is 0 Å². The Kier molecular flexibility index (Phi) is 3.84. The van der Waals surface area contributed by atoms with E-state index in [9.17, 15) is 4.79 Å². The van der Waals surface area contributed by atoms with Crippen LogP contribution in [-0.2, 0) is 4.79 Å². The van der Waals surface area contributed by atoms with Crippen molar-refractivity contribution >= 4 is 5.91 Å². The van der Waals surface area contributed by atoms with E-state index in [-0.39, 0.29) is 5.54 Å². The number of hydrogen-bond acceptors (Lipinski definition) is 2. The number of rotatable bonds is 3. The highest BCUT2D eigenvalue weighted by atomic mass is 16.2. The normalized spacial score (nSPS) is 31.5. The van der Waals surface area contributed by atoms with Crippen LogP contribution in [-0.4, -0.2) is 28.6 Å². The van der Waals surface area contributed by atoms with Crippen molar-refractivity contribution in [2.75, 3.05) is 0 Å². The van der Waals surface area contributed by atoms with Gasteiger partial charge in [-0.15, -0.1) is 0 Å². The van der Waals surface area contributed by atoms with Crippen LogP contribution in [0.3, 0.4) is 0 Å². The smallest absolute Gasteiger partial charge is 0.244 e. The van der Waals surface area contributed by atoms with Gasteiger partial charge >= 0.3 is 0 Å². The summed E-state index contributed by atoms with van der Waals surface area (Å²) in [6.45, 7) is 2.23. The van der Waals surface area contributed by atoms with E-state index in [2.05, 4.69) is 17.1 Å². The third kappa shape index (κ3) is 2.31. The van der Waals surface area contributed by atoms with E-state index in [1.807, 2.05) is 0 Å². The predicted octanol–water partition coefficient (Wildman–Crippen LogP) is 3.19. The molecule has 1 aliphatic heterocycles. The van der Waals surface area contributed by atoms with Gasteiger partial charge in [-0.3, -0.25) is 10.1 Å². The molecule has 19 heavy (non-hydrogen) atoms. The number of hydrogen-bond donors (Lipinski definition) is 1. The molecule has 1 unspecified atom stereocenters. The second-order valence-electron chi connectivity index (χ2n) is 6.74. The first kappa shape index (κ1) is 13.4. The average Bonchev–Trinajstić information content (AvgIpc) is 2.99. The first-order valence-electron chi connectivity index (χ1n) is 8.37. The molecule has 1 atom stereocenters. The van der Waals surface area contributed by atoms with Crippen LogP contribution >= 0.6 is 0 Å². The van der Waals surface area contributed by atoms with Gasteiger partial charge < -0.3 is 4.90 Å². The minimum Gasteiger partial charge on any atom is -0.323 e. The fourth-order valence-electron chi connectivity index (χ4n) is 4.44. The Balaban J connectivity index is 1.80. The molecule has 0 radical (unpaired) electrons. The van der Waals surface area contributed by atoms with Gasteiger partial charge in [0.05, 0.1) is 11.7 Å². The monoisotopic (exact) mass is 264 g/mol. The highest BCUT2D eigenvalue weighted by Crippen LogP contribution is 2.40. The number of nitrogens with one attached hydrogen (secondary N) is 1. The lowest BCUT2D eigenvalue weighted by Gasteiger charge is -2.35. The van der Waals surface area contributed by atoms with Gasteiger partial charge in [0, 0.05) is 6.04 Å². The lowest BCUT2D eigenvalue weighted by Crippen LogP contribution is -2.46. The number of carbonyl (C=O) groups is 1. The molecular formula is C16H28N2O. The molecule has 2 aliphatic carbocycles. The molecule has 3 aliphatic rings. The Hall–Kier alpha value is -0.570. The molecule has 108 valence electrons. The summed E-state index contributed by atoms with van der Waals surface area (Å²) in [5, 5.41) is 3.74. The Morgan fingerprint density at radius 2 is 1.84 bits per heavy atom. The highest BCUT2D eigenvalue weighted by Gasteiger charge is 2.53. The van der Waals surface area contributed by atoms with Crippen molar-refractivity contribution in [1.82, 2.24) is 10.2 Å². The third-order valence-electron chi connectivity index (χ3n) is 5.41. The van der Waals surface area contributed by atoms with Crippen molar-refractivity contribution in [3.05, 3.63) is 0 Å². The Morgan fingerprint density at radius 1 is 1.16 bits per heavy atom. The molecule has 1 heterocycles. The zero-order valence-corrected chi connectivity index (χ0v) is 12.3. The summed E-state index contributed by atoms with van der Waals surface area (Å²) in [4.78, 5) is 15.2. The van der Waals surface area contributed by atoms with Gasteiger partial charge in [0.15, 0.2) is 0 Å². The first-order chi connectivity index (χ1) is 9.27. The van der Waals surface area contributed by atoms with E-state index in [1.54, 1.807) is 0 Å². The van der Waals surface area contributed by atoms with E-state index in [4.69, 9.17) is 0 Å². The molecule has 1 saturated heterocycles. The molecule has 1 amide bonds. The van der Waals surface area contributed by atoms with Crippen LogP contribution in [0.25, 0.3) is 0 Å². The largest absolute Gasteiger partial charge is 0.323 e. The Bertz CT molecular complexity index is 330. The first-order valence-corrected chi connectivity index (χ1v) is 8.37. The summed E-state index contributed by atoms with van der Waals surface area (Å²) < 4.78 is 0. The molecule has 0 aromatic carbocycles. The SMILES string of the molecule is CCCC1NC2(CCCC2)C(=O)N1C1CCCCC1. The maximum absolute atomic E-state index is 13.0. The van der Waals surface area contributed by atoms with Crippen molar-refractivity contribution in [3.63, 3.8) is 0 Å². The van der Waals surface area contributed by atoms with Crippen molar-refractivity contribution in [2.45, 2.75) is 95.3 Å². The van der Waals surface area contributed by atoms with Crippen LogP contribution in [0.4, 0.5) is 0 Å². The van der Waals surface area contributed by atoms with E-state index in [0.717, 1.165) is 25.7 Å². The van der Waals surface area contributed by atoms with Gasteiger partial charge in [0.1, 0.15) is 0 Å². The van der Waals surface area contributed by atoms with Crippen LogP contribution in [0.1, 0.15) is 77.6 Å². The highest BCUT2D eigenvalue weighted by molar-refractivity contribution is 5.89. The minimum absolute atomic E-state index is 0.169. The van der Waals surface area contributed by atoms with Crippen LogP contribution < -0.4 is 5.32 Å². The fourth-order valence-corrected chi connectivity index (χ4v) is 4.44. The van der Waals surface area contributed by atoms with Gasteiger partial charge in [-0.25, -0.2) is 0 Å². The van der Waals surface area contributed by atoms with E-state index >= 15 is 0 Å². The van der Waals surface area contributed by atoms with Crippen LogP contribution in [0.15, 0.2) is 0 Å². The van der Waals surface area contributed by atoms with E-state index in [0.29, 0.717) is 18.1 Å². The van der Waals surface area contributed by atoms with Crippen molar-refractivity contribution in [1.29, 1.82) is 0 Å². The second kappa shape index (κ2) is 5.43. The second-order valence-corrected chi connectivity index (χ2v) is 6.74. The summed E-state index contributed by atoms with van der Waals surface area (Å²) in [5.41, 5.74) is -0.169. The number of nitrogens with zero attached hydrogens (tertiary/aromatic N) is 1. The van der Waals surface area contributed by atoms with Gasteiger partial charge in [0.25, 0.3) is 0 Å². The summed E-state index contributed by atoms with van der Waals surface area (Å²) in [6.07, 6.45) is 13.6. The van der Waals surface area contributed by atoms with Crippen LogP contribution in [0.5, 0.6) is 0 Å². The van der Waals surface area contributed by atoms with Crippen molar-refractivity contribution in [3.8, 4) is 0 Å². The standard InChI is InChI=1S/C16H28N2O/c1-2-8-14-17-16(11-6-7-12-16)15(19)18(14)13-9-4-3-5-10-13/h13-14,17H,2-12H2,1H3. The molecule has 0 aromatic rings. The Labute approximate surface area is 117 Å². The minimum atomic E-state index is -0.169. The maximum Gasteiger partial charge on any atom is 0.244 e. The molecular weight excluding hydrogens is 236 g/mol. The molecule has 1 spiro atoms. The molecule has 3 heteroatoms. The molecule has 1 N–H and O–H groups in total. The van der Waals surface area contributed by atoms with Gasteiger partial charge in [-0.1, -0.05) is 45.4 Å². The number of amides is 1. The topological polar surface area (TPSA) is 32.3 Å². The summed E-state index contributed by atoms with van der Waals surface area (Å²) >= 11 is 0. The van der Waals surface area contributed by atoms with Crippen LogP contribution in [0.2, 0.25) is 0 Å². The average molecular weight is 264 g/mol. The zero-order chi connectivity index (χ0) is 13.3. The van der Waals surface area contributed by atoms with Crippen molar-refractivity contribution < 1.29 is 4.79 Å². The maximum atomic E-state index is 13.0. The van der Waals surface area contributed by atoms with Gasteiger partial charge in [0.2, 0.25) is 5.91 Å². The lowest BCUT2D eigenvalue weighted by molar-refractivity contribution is -0.136. The Morgan fingerprint density at radius 3 is 2.47 bits per heavy atom. The predicted molar refractivity (Wildman–Crippen MR) is 76.7 cm³/mol. The summed E-state index contributed by atoms with van der Waals surface area (Å²) in [7, 11) is 0. The van der Waals surface area contributed by atoms with Crippen LogP contribution in [0, 0.1) is 0 Å². The molecule has 3 nitrogen and oxygen atoms in total. The quantitative estimate of drug-likeness (QED) is 0.849. The summed E-state index contributed by atoms with van der Waals surface area (Å²) in [6, 6.07) is 0.519.